The third-order valence-corrected chi connectivity index (χ3v) is 6.19. The molecule has 1 aromatic heterocycles. The van der Waals surface area contributed by atoms with Crippen LogP contribution in [0.1, 0.15) is 11.3 Å². The van der Waals surface area contributed by atoms with E-state index in [0.717, 1.165) is 23.5 Å². The molecule has 1 aliphatic heterocycles. The molecule has 0 radical (unpaired) electrons. The number of hydrogen-bond donors (Lipinski definition) is 0. The van der Waals surface area contributed by atoms with Crippen LogP contribution >= 0.6 is 43.2 Å². The van der Waals surface area contributed by atoms with Crippen molar-refractivity contribution in [2.75, 3.05) is 0 Å². The van der Waals surface area contributed by atoms with E-state index in [1.807, 2.05) is 0 Å². The predicted molar refractivity (Wildman–Crippen MR) is 72.5 cm³/mol. The van der Waals surface area contributed by atoms with Crippen LogP contribution in [0.25, 0.3) is 0 Å². The molecule has 0 spiro atoms. The third-order valence-electron chi connectivity index (χ3n) is 2.91. The van der Waals surface area contributed by atoms with E-state index in [-0.39, 0.29) is 0 Å². The highest BCUT2D eigenvalue weighted by atomic mass is 79.9. The van der Waals surface area contributed by atoms with Gasteiger partial charge in [0.1, 0.15) is 0 Å². The molecule has 1 nitrogen and oxygen atoms in total. The maximum atomic E-state index is 8.84. The van der Waals surface area contributed by atoms with E-state index in [2.05, 4.69) is 43.9 Å². The van der Waals surface area contributed by atoms with Gasteiger partial charge < -0.3 is 0 Å². The monoisotopic (exact) mass is 345 g/mol. The summed E-state index contributed by atoms with van der Waals surface area (Å²) in [6.07, 6.45) is 4.52. The van der Waals surface area contributed by atoms with Gasteiger partial charge in [-0.3, -0.25) is 0 Å². The Morgan fingerprint density at radius 2 is 2.40 bits per heavy atom. The first kappa shape index (κ1) is 11.7. The van der Waals surface area contributed by atoms with E-state index in [0.29, 0.717) is 12.6 Å². The van der Waals surface area contributed by atoms with Crippen molar-refractivity contribution in [3.05, 3.63) is 19.2 Å². The van der Waals surface area contributed by atoms with Gasteiger partial charge in [0.05, 0.1) is 3.79 Å². The average molecular weight is 347 g/mol. The van der Waals surface area contributed by atoms with Crippen LogP contribution in [0, 0.1) is 17.1 Å². The highest BCUT2D eigenvalue weighted by Gasteiger charge is 2.28. The van der Waals surface area contributed by atoms with Crippen LogP contribution in [0.3, 0.4) is 0 Å². The molecular weight excluding hydrogens is 337 g/mol. The Labute approximate surface area is 111 Å². The number of rotatable bonds is 2. The zero-order valence-corrected chi connectivity index (χ0v) is 12.2. The van der Waals surface area contributed by atoms with Gasteiger partial charge in [-0.1, -0.05) is 19.1 Å². The molecule has 2 rings (SSSR count). The molecule has 15 heavy (non-hydrogen) atoms. The summed E-state index contributed by atoms with van der Waals surface area (Å²) in [6.45, 7) is 0.307. The Bertz CT molecular complexity index is 379. The molecule has 1 aromatic rings. The fraction of sp³-hybridized carbons (Fsp3) is 0.500. The quantitative estimate of drug-likeness (QED) is 0.728. The third kappa shape index (κ3) is 2.86. The van der Waals surface area contributed by atoms with Gasteiger partial charge >= 0.3 is 0 Å². The number of hydrogen-bond acceptors (Lipinski definition) is 2. The molecule has 1 unspecified atom stereocenters. The van der Waals surface area contributed by atoms with E-state index >= 15 is 0 Å². The second-order valence-electron chi connectivity index (χ2n) is 4.04. The van der Waals surface area contributed by atoms with Gasteiger partial charge in [0.25, 0.3) is 6.71 Å². The van der Waals surface area contributed by atoms with E-state index in [1.165, 1.54) is 15.1 Å². The molecule has 78 valence electrons. The minimum atomic E-state index is 0.307. The highest BCUT2D eigenvalue weighted by molar-refractivity contribution is 9.13. The Hall–Kier alpha value is 0.215. The Morgan fingerprint density at radius 1 is 1.60 bits per heavy atom. The molecule has 0 aromatic carbocycles. The van der Waals surface area contributed by atoms with Crippen molar-refractivity contribution < 1.29 is 0 Å². The van der Waals surface area contributed by atoms with E-state index in [1.54, 1.807) is 11.3 Å². The van der Waals surface area contributed by atoms with Crippen LogP contribution in [-0.2, 0) is 6.42 Å². The van der Waals surface area contributed by atoms with Crippen molar-refractivity contribution in [3.63, 3.8) is 0 Å². The lowest BCUT2D eigenvalue weighted by molar-refractivity contribution is 0.592. The summed E-state index contributed by atoms with van der Waals surface area (Å²) in [5.41, 5.74) is 0. The summed E-state index contributed by atoms with van der Waals surface area (Å²) in [5.74, 6) is 3.10. The molecule has 1 fully saturated rings. The van der Waals surface area contributed by atoms with Crippen molar-refractivity contribution in [1.29, 1.82) is 5.26 Å². The second kappa shape index (κ2) is 5.03. The SMILES string of the molecule is N#CB1CCC(Cc2cc(Br)c(Br)s2)C1. The number of nitrogens with zero attached hydrogens (tertiary/aromatic N) is 1. The molecule has 1 aliphatic rings. The largest absolute Gasteiger partial charge is 0.268 e. The maximum Gasteiger partial charge on any atom is 0.268 e. The maximum absolute atomic E-state index is 8.84. The van der Waals surface area contributed by atoms with Gasteiger partial charge in [-0.05, 0) is 50.3 Å². The van der Waals surface area contributed by atoms with Crippen LogP contribution in [0.4, 0.5) is 0 Å². The molecule has 1 atom stereocenters. The molecule has 0 amide bonds. The first-order valence-electron chi connectivity index (χ1n) is 5.02. The zero-order valence-electron chi connectivity index (χ0n) is 8.17. The molecular formula is C10H10BBr2NS. The van der Waals surface area contributed by atoms with Crippen molar-refractivity contribution in [1.82, 2.24) is 0 Å². The van der Waals surface area contributed by atoms with Gasteiger partial charge in [-0.25, -0.2) is 5.26 Å². The summed E-state index contributed by atoms with van der Waals surface area (Å²) in [6, 6.07) is 2.19. The van der Waals surface area contributed by atoms with Crippen molar-refractivity contribution in [3.8, 4) is 5.97 Å². The van der Waals surface area contributed by atoms with Gasteiger partial charge in [0, 0.05) is 15.3 Å². The summed E-state index contributed by atoms with van der Waals surface area (Å²) in [7, 11) is 0. The molecule has 0 N–H and O–H groups in total. The van der Waals surface area contributed by atoms with Crippen LogP contribution in [0.2, 0.25) is 12.6 Å². The van der Waals surface area contributed by atoms with E-state index in [9.17, 15) is 0 Å². The first-order valence-corrected chi connectivity index (χ1v) is 7.42. The highest BCUT2D eigenvalue weighted by Crippen LogP contribution is 2.36. The van der Waals surface area contributed by atoms with Crippen LogP contribution in [-0.4, -0.2) is 6.71 Å². The minimum Gasteiger partial charge on any atom is -0.213 e. The van der Waals surface area contributed by atoms with Crippen molar-refractivity contribution in [2.24, 2.45) is 5.92 Å². The lowest BCUT2D eigenvalue weighted by Crippen LogP contribution is -2.04. The predicted octanol–water partition coefficient (Wildman–Crippen LogP) is 4.39. The Balaban J connectivity index is 1.96. The Morgan fingerprint density at radius 3 is 2.93 bits per heavy atom. The summed E-state index contributed by atoms with van der Waals surface area (Å²) in [5, 5.41) is 8.84. The first-order chi connectivity index (χ1) is 7.19. The number of thiophene rings is 1. The average Bonchev–Trinajstić information content (AvgIpc) is 2.76. The van der Waals surface area contributed by atoms with Crippen LogP contribution in [0.5, 0.6) is 0 Å². The number of halogens is 2. The smallest absolute Gasteiger partial charge is 0.213 e. The van der Waals surface area contributed by atoms with Crippen molar-refractivity contribution in [2.45, 2.75) is 25.5 Å². The van der Waals surface area contributed by atoms with Gasteiger partial charge in [0.2, 0.25) is 0 Å². The van der Waals surface area contributed by atoms with Gasteiger partial charge in [0.15, 0.2) is 0 Å². The van der Waals surface area contributed by atoms with Crippen LogP contribution in [0.15, 0.2) is 14.3 Å². The minimum absolute atomic E-state index is 0.307. The van der Waals surface area contributed by atoms with Gasteiger partial charge in [-0.2, -0.15) is 0 Å². The molecule has 2 heterocycles. The lowest BCUT2D eigenvalue weighted by atomic mass is 9.50. The molecule has 0 aliphatic carbocycles. The molecule has 1 saturated heterocycles. The summed E-state index contributed by atoms with van der Waals surface area (Å²) >= 11 is 8.81. The van der Waals surface area contributed by atoms with E-state index < -0.39 is 0 Å². The standard InChI is InChI=1S/C10H10BBr2NS/c12-9-4-8(15-10(9)13)3-7-1-2-11(5-7)6-14/h4,7H,1-3,5H2. The van der Waals surface area contributed by atoms with Gasteiger partial charge in [-0.15, -0.1) is 11.3 Å². The zero-order chi connectivity index (χ0) is 10.8. The lowest BCUT2D eigenvalue weighted by Gasteiger charge is -2.05. The molecule has 5 heteroatoms. The normalized spacial score (nSPS) is 20.6. The summed E-state index contributed by atoms with van der Waals surface area (Å²) in [4.78, 5) is 1.41. The molecule has 0 saturated carbocycles. The number of nitriles is 1. The Kier molecular flexibility index (Phi) is 3.92. The van der Waals surface area contributed by atoms with E-state index in [4.69, 9.17) is 5.26 Å². The fourth-order valence-electron chi connectivity index (χ4n) is 2.15. The van der Waals surface area contributed by atoms with Crippen molar-refractivity contribution >= 4 is 49.9 Å². The van der Waals surface area contributed by atoms with Crippen LogP contribution < -0.4 is 0 Å². The topological polar surface area (TPSA) is 23.8 Å². The second-order valence-corrected chi connectivity index (χ2v) is 7.35. The summed E-state index contributed by atoms with van der Waals surface area (Å²) < 4.78 is 2.32. The fourth-order valence-corrected chi connectivity index (χ4v) is 4.45. The molecule has 0 bridgehead atoms.